The molecule has 0 bridgehead atoms. The Morgan fingerprint density at radius 1 is 1.38 bits per heavy atom. The lowest BCUT2D eigenvalue weighted by Gasteiger charge is -2.46. The third-order valence-corrected chi connectivity index (χ3v) is 3.54. The SMILES string of the molecule is CNC(=O)CCN1CC(N2CCNCC2)C1. The molecule has 2 fully saturated rings. The molecule has 1 amide bonds. The first-order chi connectivity index (χ1) is 7.79. The van der Waals surface area contributed by atoms with Gasteiger partial charge in [0.25, 0.3) is 0 Å². The maximum atomic E-state index is 11.1. The first kappa shape index (κ1) is 11.8. The molecule has 0 radical (unpaired) electrons. The van der Waals surface area contributed by atoms with Crippen molar-refractivity contribution in [2.45, 2.75) is 12.5 Å². The fraction of sp³-hybridized carbons (Fsp3) is 0.909. The van der Waals surface area contributed by atoms with Gasteiger partial charge in [0.2, 0.25) is 5.91 Å². The van der Waals surface area contributed by atoms with Crippen LogP contribution in [0, 0.1) is 0 Å². The van der Waals surface area contributed by atoms with Gasteiger partial charge in [-0.25, -0.2) is 0 Å². The summed E-state index contributed by atoms with van der Waals surface area (Å²) in [5, 5.41) is 6.03. The number of nitrogens with one attached hydrogen (secondary N) is 2. The van der Waals surface area contributed by atoms with Crippen LogP contribution in [0.25, 0.3) is 0 Å². The fourth-order valence-electron chi connectivity index (χ4n) is 2.39. The second-order valence-corrected chi connectivity index (χ2v) is 4.62. The van der Waals surface area contributed by atoms with Crippen molar-refractivity contribution in [2.75, 3.05) is 52.9 Å². The minimum atomic E-state index is 0.144. The molecule has 0 aromatic carbocycles. The second-order valence-electron chi connectivity index (χ2n) is 4.62. The summed E-state index contributed by atoms with van der Waals surface area (Å²) in [6, 6.07) is 0.729. The maximum Gasteiger partial charge on any atom is 0.221 e. The summed E-state index contributed by atoms with van der Waals surface area (Å²) in [4.78, 5) is 16.0. The van der Waals surface area contributed by atoms with Crippen LogP contribution in [-0.4, -0.2) is 74.6 Å². The molecular formula is C11H22N4O. The van der Waals surface area contributed by atoms with Crippen LogP contribution in [0.15, 0.2) is 0 Å². The van der Waals surface area contributed by atoms with E-state index < -0.39 is 0 Å². The molecule has 0 aromatic rings. The van der Waals surface area contributed by atoms with Crippen molar-refractivity contribution in [3.05, 3.63) is 0 Å². The molecule has 0 atom stereocenters. The van der Waals surface area contributed by atoms with Crippen molar-refractivity contribution in [3.8, 4) is 0 Å². The molecular weight excluding hydrogens is 204 g/mol. The van der Waals surface area contributed by atoms with E-state index in [1.807, 2.05) is 0 Å². The van der Waals surface area contributed by atoms with E-state index in [0.29, 0.717) is 6.42 Å². The summed E-state index contributed by atoms with van der Waals surface area (Å²) in [5.74, 6) is 0.144. The van der Waals surface area contributed by atoms with Gasteiger partial charge in [0, 0.05) is 65.3 Å². The maximum absolute atomic E-state index is 11.1. The van der Waals surface area contributed by atoms with Crippen molar-refractivity contribution >= 4 is 5.91 Å². The van der Waals surface area contributed by atoms with E-state index in [9.17, 15) is 4.79 Å². The van der Waals surface area contributed by atoms with Gasteiger partial charge in [-0.15, -0.1) is 0 Å². The molecule has 0 aliphatic carbocycles. The van der Waals surface area contributed by atoms with Gasteiger partial charge in [0.05, 0.1) is 0 Å². The van der Waals surface area contributed by atoms with Crippen LogP contribution in [0.1, 0.15) is 6.42 Å². The summed E-state index contributed by atoms with van der Waals surface area (Å²) in [6.07, 6.45) is 0.630. The highest BCUT2D eigenvalue weighted by molar-refractivity contribution is 5.75. The van der Waals surface area contributed by atoms with Crippen LogP contribution in [0.5, 0.6) is 0 Å². The van der Waals surface area contributed by atoms with E-state index in [1.54, 1.807) is 7.05 Å². The first-order valence-corrected chi connectivity index (χ1v) is 6.17. The number of carbonyl (C=O) groups excluding carboxylic acids is 1. The minimum absolute atomic E-state index is 0.144. The molecule has 5 nitrogen and oxygen atoms in total. The third-order valence-electron chi connectivity index (χ3n) is 3.54. The number of likely N-dealkylation sites (tertiary alicyclic amines) is 1. The van der Waals surface area contributed by atoms with Crippen LogP contribution in [0.2, 0.25) is 0 Å². The number of hydrogen-bond donors (Lipinski definition) is 2. The number of carbonyl (C=O) groups is 1. The van der Waals surface area contributed by atoms with E-state index in [-0.39, 0.29) is 5.91 Å². The average Bonchev–Trinajstić information content (AvgIpc) is 2.28. The Hall–Kier alpha value is -0.650. The first-order valence-electron chi connectivity index (χ1n) is 6.17. The van der Waals surface area contributed by atoms with Crippen LogP contribution in [-0.2, 0) is 4.79 Å². The number of rotatable bonds is 4. The van der Waals surface area contributed by atoms with Crippen molar-refractivity contribution in [1.82, 2.24) is 20.4 Å². The van der Waals surface area contributed by atoms with E-state index in [2.05, 4.69) is 20.4 Å². The minimum Gasteiger partial charge on any atom is -0.359 e. The molecule has 0 saturated carbocycles. The zero-order valence-corrected chi connectivity index (χ0v) is 10.0. The van der Waals surface area contributed by atoms with Gasteiger partial charge in [-0.1, -0.05) is 0 Å². The Labute approximate surface area is 97.2 Å². The molecule has 2 heterocycles. The molecule has 2 rings (SSSR count). The number of amides is 1. The molecule has 2 aliphatic rings. The van der Waals surface area contributed by atoms with Gasteiger partial charge < -0.3 is 10.6 Å². The molecule has 5 heteroatoms. The van der Waals surface area contributed by atoms with Crippen LogP contribution in [0.4, 0.5) is 0 Å². The Balaban J connectivity index is 1.60. The Bertz CT molecular complexity index is 234. The number of piperazine rings is 1. The molecule has 0 spiro atoms. The van der Waals surface area contributed by atoms with Crippen LogP contribution in [0.3, 0.4) is 0 Å². The van der Waals surface area contributed by atoms with E-state index >= 15 is 0 Å². The van der Waals surface area contributed by atoms with Gasteiger partial charge >= 0.3 is 0 Å². The quantitative estimate of drug-likeness (QED) is 0.626. The Morgan fingerprint density at radius 2 is 2.06 bits per heavy atom. The van der Waals surface area contributed by atoms with E-state index in [1.165, 1.54) is 13.1 Å². The fourth-order valence-corrected chi connectivity index (χ4v) is 2.39. The Morgan fingerprint density at radius 3 is 2.69 bits per heavy atom. The number of hydrogen-bond acceptors (Lipinski definition) is 4. The summed E-state index contributed by atoms with van der Waals surface area (Å²) >= 11 is 0. The molecule has 2 saturated heterocycles. The number of nitrogens with zero attached hydrogens (tertiary/aromatic N) is 2. The van der Waals surface area contributed by atoms with Crippen molar-refractivity contribution in [3.63, 3.8) is 0 Å². The normalized spacial score (nSPS) is 24.1. The lowest BCUT2D eigenvalue weighted by atomic mass is 10.1. The topological polar surface area (TPSA) is 47.6 Å². The lowest BCUT2D eigenvalue weighted by molar-refractivity contribution is -0.121. The summed E-state index contributed by atoms with van der Waals surface area (Å²) in [6.45, 7) is 7.77. The average molecular weight is 226 g/mol. The Kier molecular flexibility index (Phi) is 4.15. The molecule has 92 valence electrons. The van der Waals surface area contributed by atoms with Crippen LogP contribution >= 0.6 is 0 Å². The van der Waals surface area contributed by atoms with E-state index in [0.717, 1.165) is 38.8 Å². The van der Waals surface area contributed by atoms with Gasteiger partial charge in [0.1, 0.15) is 0 Å². The van der Waals surface area contributed by atoms with Crippen molar-refractivity contribution < 1.29 is 4.79 Å². The van der Waals surface area contributed by atoms with E-state index in [4.69, 9.17) is 0 Å². The summed E-state index contributed by atoms with van der Waals surface area (Å²) < 4.78 is 0. The predicted molar refractivity (Wildman–Crippen MR) is 63.4 cm³/mol. The summed E-state index contributed by atoms with van der Waals surface area (Å²) in [5.41, 5.74) is 0. The monoisotopic (exact) mass is 226 g/mol. The molecule has 2 aliphatic heterocycles. The summed E-state index contributed by atoms with van der Waals surface area (Å²) in [7, 11) is 1.70. The van der Waals surface area contributed by atoms with Gasteiger partial charge in [-0.2, -0.15) is 0 Å². The zero-order valence-electron chi connectivity index (χ0n) is 10.0. The third kappa shape index (κ3) is 2.93. The van der Waals surface area contributed by atoms with Gasteiger partial charge in [0.15, 0.2) is 0 Å². The molecule has 16 heavy (non-hydrogen) atoms. The van der Waals surface area contributed by atoms with Gasteiger partial charge in [-0.3, -0.25) is 14.6 Å². The highest BCUT2D eigenvalue weighted by atomic mass is 16.1. The second kappa shape index (κ2) is 5.61. The largest absolute Gasteiger partial charge is 0.359 e. The van der Waals surface area contributed by atoms with Gasteiger partial charge in [-0.05, 0) is 0 Å². The molecule has 2 N–H and O–H groups in total. The predicted octanol–water partition coefficient (Wildman–Crippen LogP) is -1.29. The zero-order chi connectivity index (χ0) is 11.4. The van der Waals surface area contributed by atoms with Crippen molar-refractivity contribution in [2.24, 2.45) is 0 Å². The molecule has 0 aromatic heterocycles. The standard InChI is InChI=1S/C11H22N4O/c1-12-11(16)2-5-14-8-10(9-14)15-6-3-13-4-7-15/h10,13H,2-9H2,1H3,(H,12,16). The van der Waals surface area contributed by atoms with Crippen molar-refractivity contribution in [1.29, 1.82) is 0 Å². The molecule has 0 unspecified atom stereocenters. The lowest BCUT2D eigenvalue weighted by Crippen LogP contribution is -2.62. The van der Waals surface area contributed by atoms with Crippen LogP contribution < -0.4 is 10.6 Å². The highest BCUT2D eigenvalue weighted by Crippen LogP contribution is 2.15. The smallest absolute Gasteiger partial charge is 0.221 e. The highest BCUT2D eigenvalue weighted by Gasteiger charge is 2.31.